The third-order valence-corrected chi connectivity index (χ3v) is 3.98. The Bertz CT molecular complexity index is 452. The van der Waals surface area contributed by atoms with Gasteiger partial charge >= 0.3 is 0 Å². The van der Waals surface area contributed by atoms with Gasteiger partial charge in [-0.05, 0) is 19.4 Å². The zero-order valence-corrected chi connectivity index (χ0v) is 12.1. The minimum Gasteiger partial charge on any atom is -0.385 e. The highest BCUT2D eigenvalue weighted by Crippen LogP contribution is 2.17. The monoisotopic (exact) mass is 280 g/mol. The Kier molecular flexibility index (Phi) is 4.07. The summed E-state index contributed by atoms with van der Waals surface area (Å²) in [6, 6.07) is 2.14. The molecule has 0 spiro atoms. The second-order valence-corrected chi connectivity index (χ2v) is 6.02. The molecular weight excluding hydrogens is 256 g/mol. The highest BCUT2D eigenvalue weighted by molar-refractivity contribution is 5.10. The molecule has 1 atom stereocenters. The standard InChI is InChI=1S/C14H24N4O2/c1-12-7-13-8-17(4-2-5-18(13)16-12)10-14(19)9-15-3-6-20-11-14/h7,15,19H,2-6,8-11H2,1H3/t14-/m0/s1. The minimum atomic E-state index is -0.791. The predicted molar refractivity (Wildman–Crippen MR) is 75.5 cm³/mol. The van der Waals surface area contributed by atoms with Gasteiger partial charge in [0.05, 0.1) is 24.6 Å². The summed E-state index contributed by atoms with van der Waals surface area (Å²) < 4.78 is 7.60. The quantitative estimate of drug-likeness (QED) is 0.782. The fourth-order valence-corrected chi connectivity index (χ4v) is 3.10. The number of aryl methyl sites for hydroxylation is 2. The molecule has 6 nitrogen and oxygen atoms in total. The van der Waals surface area contributed by atoms with Crippen molar-refractivity contribution in [3.8, 4) is 0 Å². The van der Waals surface area contributed by atoms with E-state index >= 15 is 0 Å². The van der Waals surface area contributed by atoms with Crippen LogP contribution in [-0.2, 0) is 17.8 Å². The van der Waals surface area contributed by atoms with Crippen LogP contribution < -0.4 is 5.32 Å². The fourth-order valence-electron chi connectivity index (χ4n) is 3.10. The molecule has 0 amide bonds. The molecule has 112 valence electrons. The average molecular weight is 280 g/mol. The van der Waals surface area contributed by atoms with Crippen LogP contribution >= 0.6 is 0 Å². The summed E-state index contributed by atoms with van der Waals surface area (Å²) in [6.45, 7) is 7.98. The highest BCUT2D eigenvalue weighted by atomic mass is 16.5. The van der Waals surface area contributed by atoms with Gasteiger partial charge in [-0.2, -0.15) is 5.10 Å². The molecule has 1 aromatic heterocycles. The molecule has 1 fully saturated rings. The molecule has 3 rings (SSSR count). The van der Waals surface area contributed by atoms with Crippen LogP contribution in [0.4, 0.5) is 0 Å². The molecule has 0 bridgehead atoms. The van der Waals surface area contributed by atoms with Gasteiger partial charge in [0.2, 0.25) is 0 Å². The molecular formula is C14H24N4O2. The number of rotatable bonds is 2. The Balaban J connectivity index is 1.68. The van der Waals surface area contributed by atoms with Gasteiger partial charge in [-0.3, -0.25) is 9.58 Å². The number of nitrogens with zero attached hydrogens (tertiary/aromatic N) is 3. The molecule has 2 aliphatic heterocycles. The summed E-state index contributed by atoms with van der Waals surface area (Å²) >= 11 is 0. The molecule has 2 N–H and O–H groups in total. The van der Waals surface area contributed by atoms with E-state index in [-0.39, 0.29) is 0 Å². The number of hydrogen-bond donors (Lipinski definition) is 2. The van der Waals surface area contributed by atoms with Crippen LogP contribution in [0.25, 0.3) is 0 Å². The topological polar surface area (TPSA) is 62.6 Å². The van der Waals surface area contributed by atoms with Crippen molar-refractivity contribution in [3.63, 3.8) is 0 Å². The van der Waals surface area contributed by atoms with E-state index in [1.165, 1.54) is 5.69 Å². The minimum absolute atomic E-state index is 0.411. The molecule has 1 saturated heterocycles. The van der Waals surface area contributed by atoms with Crippen molar-refractivity contribution in [2.75, 3.05) is 39.4 Å². The third-order valence-electron chi connectivity index (χ3n) is 3.98. The van der Waals surface area contributed by atoms with E-state index in [2.05, 4.69) is 26.1 Å². The van der Waals surface area contributed by atoms with E-state index < -0.39 is 5.60 Å². The van der Waals surface area contributed by atoms with E-state index in [4.69, 9.17) is 4.74 Å². The van der Waals surface area contributed by atoms with Crippen molar-refractivity contribution in [2.24, 2.45) is 0 Å². The van der Waals surface area contributed by atoms with Crippen molar-refractivity contribution in [3.05, 3.63) is 17.5 Å². The van der Waals surface area contributed by atoms with Gasteiger partial charge in [-0.25, -0.2) is 0 Å². The van der Waals surface area contributed by atoms with E-state index in [0.717, 1.165) is 38.3 Å². The first kappa shape index (κ1) is 14.0. The molecule has 0 aliphatic carbocycles. The van der Waals surface area contributed by atoms with Crippen molar-refractivity contribution < 1.29 is 9.84 Å². The molecule has 0 saturated carbocycles. The number of aliphatic hydroxyl groups is 1. The molecule has 20 heavy (non-hydrogen) atoms. The third kappa shape index (κ3) is 3.20. The summed E-state index contributed by atoms with van der Waals surface area (Å²) in [5.74, 6) is 0. The lowest BCUT2D eigenvalue weighted by atomic mass is 10.0. The van der Waals surface area contributed by atoms with Crippen LogP contribution in [0.15, 0.2) is 6.07 Å². The number of nitrogens with one attached hydrogen (secondary N) is 1. The maximum absolute atomic E-state index is 10.7. The van der Waals surface area contributed by atoms with Gasteiger partial charge in [-0.15, -0.1) is 0 Å². The summed E-state index contributed by atoms with van der Waals surface area (Å²) in [6.07, 6.45) is 1.07. The first-order valence-electron chi connectivity index (χ1n) is 7.41. The van der Waals surface area contributed by atoms with Gasteiger partial charge in [0.25, 0.3) is 0 Å². The lowest BCUT2D eigenvalue weighted by molar-refractivity contribution is -0.0501. The van der Waals surface area contributed by atoms with Gasteiger partial charge in [0.1, 0.15) is 5.60 Å². The molecule has 1 aromatic rings. The second-order valence-electron chi connectivity index (χ2n) is 6.02. The summed E-state index contributed by atoms with van der Waals surface area (Å²) in [5, 5.41) is 18.5. The van der Waals surface area contributed by atoms with Crippen LogP contribution in [0.1, 0.15) is 17.8 Å². The average Bonchev–Trinajstić information content (AvgIpc) is 2.56. The molecule has 2 aliphatic rings. The number of β-amino-alcohol motifs (C(OH)–C–C–N with tert-alkyl or cyclic N) is 1. The maximum Gasteiger partial charge on any atom is 0.113 e. The molecule has 6 heteroatoms. The Morgan fingerprint density at radius 1 is 1.50 bits per heavy atom. The summed E-state index contributed by atoms with van der Waals surface area (Å²) in [5.41, 5.74) is 1.52. The summed E-state index contributed by atoms with van der Waals surface area (Å²) in [7, 11) is 0. The normalized spacial score (nSPS) is 28.7. The Labute approximate surface area is 119 Å². The number of hydrogen-bond acceptors (Lipinski definition) is 5. The fraction of sp³-hybridized carbons (Fsp3) is 0.786. The Morgan fingerprint density at radius 3 is 3.30 bits per heavy atom. The van der Waals surface area contributed by atoms with Crippen LogP contribution in [0.2, 0.25) is 0 Å². The zero-order chi connectivity index (χ0) is 14.0. The molecule has 0 unspecified atom stereocenters. The molecule has 0 aromatic carbocycles. The van der Waals surface area contributed by atoms with E-state index in [1.807, 2.05) is 6.92 Å². The lowest BCUT2D eigenvalue weighted by Crippen LogP contribution is -2.51. The van der Waals surface area contributed by atoms with Gasteiger partial charge in [0, 0.05) is 39.3 Å². The Morgan fingerprint density at radius 2 is 2.40 bits per heavy atom. The second kappa shape index (κ2) is 5.81. The first-order valence-corrected chi connectivity index (χ1v) is 7.41. The van der Waals surface area contributed by atoms with Gasteiger partial charge in [-0.1, -0.05) is 0 Å². The number of ether oxygens (including phenoxy) is 1. The zero-order valence-electron chi connectivity index (χ0n) is 12.1. The van der Waals surface area contributed by atoms with E-state index in [1.54, 1.807) is 0 Å². The van der Waals surface area contributed by atoms with Crippen LogP contribution in [-0.4, -0.2) is 64.8 Å². The maximum atomic E-state index is 10.7. The van der Waals surface area contributed by atoms with Crippen LogP contribution in [0, 0.1) is 6.92 Å². The van der Waals surface area contributed by atoms with Crippen molar-refractivity contribution in [1.29, 1.82) is 0 Å². The molecule has 3 heterocycles. The predicted octanol–water partition coefficient (Wildman–Crippen LogP) is -0.252. The van der Waals surface area contributed by atoms with Crippen molar-refractivity contribution in [2.45, 2.75) is 32.0 Å². The SMILES string of the molecule is Cc1cc2n(n1)CCCN(C[C@@]1(O)CNCCOC1)C2. The van der Waals surface area contributed by atoms with Gasteiger partial charge < -0.3 is 15.2 Å². The van der Waals surface area contributed by atoms with Gasteiger partial charge in [0.15, 0.2) is 0 Å². The van der Waals surface area contributed by atoms with Crippen LogP contribution in [0.3, 0.4) is 0 Å². The van der Waals surface area contributed by atoms with Crippen molar-refractivity contribution >= 4 is 0 Å². The lowest BCUT2D eigenvalue weighted by Gasteiger charge is -2.32. The van der Waals surface area contributed by atoms with Crippen LogP contribution in [0.5, 0.6) is 0 Å². The summed E-state index contributed by atoms with van der Waals surface area (Å²) in [4.78, 5) is 2.32. The van der Waals surface area contributed by atoms with E-state index in [9.17, 15) is 5.11 Å². The smallest absolute Gasteiger partial charge is 0.113 e. The molecule has 0 radical (unpaired) electrons. The largest absolute Gasteiger partial charge is 0.385 e. The van der Waals surface area contributed by atoms with Crippen molar-refractivity contribution in [1.82, 2.24) is 20.0 Å². The van der Waals surface area contributed by atoms with E-state index in [0.29, 0.717) is 26.3 Å². The number of aromatic nitrogens is 2. The highest BCUT2D eigenvalue weighted by Gasteiger charge is 2.32. The first-order chi connectivity index (χ1) is 9.65. The number of fused-ring (bicyclic) bond motifs is 1. The Hall–Kier alpha value is -0.950.